The van der Waals surface area contributed by atoms with Gasteiger partial charge in [0.15, 0.2) is 0 Å². The highest BCUT2D eigenvalue weighted by Gasteiger charge is 2.46. The minimum atomic E-state index is -0.793. The molecule has 1 aliphatic rings. The summed E-state index contributed by atoms with van der Waals surface area (Å²) in [6.45, 7) is 10.8. The summed E-state index contributed by atoms with van der Waals surface area (Å²) in [6.07, 6.45) is 0.730. The van der Waals surface area contributed by atoms with E-state index in [1.54, 1.807) is 36.4 Å². The molecule has 0 aromatic heterocycles. The second-order valence-corrected chi connectivity index (χ2v) is 10.5. The van der Waals surface area contributed by atoms with Crippen LogP contribution in [0.15, 0.2) is 72.3 Å². The summed E-state index contributed by atoms with van der Waals surface area (Å²) in [5.74, 6) is -1.24. The summed E-state index contributed by atoms with van der Waals surface area (Å²) in [5.41, 5.74) is 4.22. The molecule has 3 aromatic rings. The Hall–Kier alpha value is -4.39. The number of aliphatic hydroxyl groups is 1. The molecule has 1 saturated heterocycles. The van der Waals surface area contributed by atoms with E-state index >= 15 is 0 Å². The van der Waals surface area contributed by atoms with Gasteiger partial charge in [-0.3, -0.25) is 9.59 Å². The molecule has 0 aliphatic carbocycles. The van der Waals surface area contributed by atoms with Crippen molar-refractivity contribution in [2.45, 2.75) is 59.5 Å². The van der Waals surface area contributed by atoms with E-state index < -0.39 is 23.7 Å². The van der Waals surface area contributed by atoms with E-state index in [0.717, 1.165) is 34.4 Å². The third-order valence-electron chi connectivity index (χ3n) is 7.08. The maximum Gasteiger partial charge on any atom is 0.338 e. The van der Waals surface area contributed by atoms with Crippen LogP contribution in [0.3, 0.4) is 0 Å². The van der Waals surface area contributed by atoms with Crippen molar-refractivity contribution in [3.05, 3.63) is 106 Å². The summed E-state index contributed by atoms with van der Waals surface area (Å²) in [5, 5.41) is 11.6. The molecule has 1 unspecified atom stereocenters. The maximum atomic E-state index is 13.5. The molecule has 0 bridgehead atoms. The molecule has 1 fully saturated rings. The van der Waals surface area contributed by atoms with Gasteiger partial charge in [-0.15, -0.1) is 0 Å². The second-order valence-electron chi connectivity index (χ2n) is 10.5. The van der Waals surface area contributed by atoms with E-state index in [4.69, 9.17) is 9.47 Å². The molecule has 0 radical (unpaired) electrons. The van der Waals surface area contributed by atoms with E-state index in [1.165, 1.54) is 4.90 Å². The van der Waals surface area contributed by atoms with Crippen LogP contribution >= 0.6 is 0 Å². The number of hydrogen-bond acceptors (Lipinski definition) is 6. The van der Waals surface area contributed by atoms with Crippen molar-refractivity contribution in [3.63, 3.8) is 0 Å². The molecule has 41 heavy (non-hydrogen) atoms. The minimum absolute atomic E-state index is 0.0410. The van der Waals surface area contributed by atoms with Crippen LogP contribution in [0, 0.1) is 6.92 Å². The largest absolute Gasteiger partial charge is 0.507 e. The molecule has 3 aromatic carbocycles. The summed E-state index contributed by atoms with van der Waals surface area (Å²) in [4.78, 5) is 40.7. The number of hydrogen-bond donors (Lipinski definition) is 1. The van der Waals surface area contributed by atoms with Gasteiger partial charge in [0.1, 0.15) is 11.5 Å². The number of benzene rings is 3. The minimum Gasteiger partial charge on any atom is -0.507 e. The first-order valence-corrected chi connectivity index (χ1v) is 14.0. The lowest BCUT2D eigenvalue weighted by atomic mass is 9.92. The first-order valence-electron chi connectivity index (χ1n) is 14.0. The normalized spacial score (nSPS) is 16.3. The van der Waals surface area contributed by atoms with E-state index in [0.29, 0.717) is 24.3 Å². The van der Waals surface area contributed by atoms with Gasteiger partial charge in [0.25, 0.3) is 11.7 Å². The van der Waals surface area contributed by atoms with Crippen molar-refractivity contribution in [2.75, 3.05) is 13.2 Å². The molecular weight excluding hydrogens is 518 g/mol. The zero-order chi connectivity index (χ0) is 29.7. The van der Waals surface area contributed by atoms with E-state index in [2.05, 4.69) is 0 Å². The quantitative estimate of drug-likeness (QED) is 0.129. The lowest BCUT2D eigenvalue weighted by Gasteiger charge is -2.26. The van der Waals surface area contributed by atoms with Crippen LogP contribution in [0.5, 0.6) is 5.75 Å². The Labute approximate surface area is 241 Å². The molecule has 1 N–H and O–H groups in total. The maximum absolute atomic E-state index is 13.5. The fraction of sp³-hybridized carbons (Fsp3) is 0.324. The first-order chi connectivity index (χ1) is 19.7. The molecule has 0 saturated carbocycles. The van der Waals surface area contributed by atoms with Crippen molar-refractivity contribution in [1.29, 1.82) is 0 Å². The summed E-state index contributed by atoms with van der Waals surface area (Å²) < 4.78 is 11.0. The number of rotatable bonds is 10. The van der Waals surface area contributed by atoms with Gasteiger partial charge in [0.2, 0.25) is 0 Å². The standard InChI is InChI=1S/C34H37NO6/c1-6-17-41-34(39)24-13-11-23(12-14-24)20-35-30(25-10-8-9-22(5)18-25)29(32(37)33(35)38)31(36)26-15-16-28(40-7-2)27(19-26)21(3)4/h8-16,18-19,21,30,36H,6-7,17,20H2,1-5H3/b31-29-. The van der Waals surface area contributed by atoms with Crippen molar-refractivity contribution in [1.82, 2.24) is 4.90 Å². The number of aliphatic hydroxyl groups excluding tert-OH is 1. The van der Waals surface area contributed by atoms with E-state index in [9.17, 15) is 19.5 Å². The van der Waals surface area contributed by atoms with Gasteiger partial charge in [0, 0.05) is 12.1 Å². The van der Waals surface area contributed by atoms with Crippen LogP contribution in [-0.2, 0) is 20.9 Å². The third-order valence-corrected chi connectivity index (χ3v) is 7.08. The number of esters is 1. The fourth-order valence-corrected chi connectivity index (χ4v) is 5.04. The topological polar surface area (TPSA) is 93.1 Å². The lowest BCUT2D eigenvalue weighted by molar-refractivity contribution is -0.140. The highest BCUT2D eigenvalue weighted by Crippen LogP contribution is 2.41. The predicted octanol–water partition coefficient (Wildman–Crippen LogP) is 6.71. The number of carbonyl (C=O) groups is 3. The first kappa shape index (κ1) is 29.6. The Kier molecular flexibility index (Phi) is 9.28. The Morgan fingerprint density at radius 2 is 1.68 bits per heavy atom. The van der Waals surface area contributed by atoms with Crippen LogP contribution in [-0.4, -0.2) is 40.9 Å². The molecule has 1 amide bonds. The molecule has 1 aliphatic heterocycles. The highest BCUT2D eigenvalue weighted by atomic mass is 16.5. The Morgan fingerprint density at radius 1 is 0.976 bits per heavy atom. The Bertz CT molecular complexity index is 1470. The SMILES string of the molecule is CCCOC(=O)c1ccc(CN2C(=O)C(=O)/C(=C(\O)c3ccc(OCC)c(C(C)C)c3)C2c2cccc(C)c2)cc1. The summed E-state index contributed by atoms with van der Waals surface area (Å²) in [7, 11) is 0. The zero-order valence-corrected chi connectivity index (χ0v) is 24.3. The molecule has 214 valence electrons. The molecule has 0 spiro atoms. The van der Waals surface area contributed by atoms with Gasteiger partial charge >= 0.3 is 5.97 Å². The fourth-order valence-electron chi connectivity index (χ4n) is 5.04. The highest BCUT2D eigenvalue weighted by molar-refractivity contribution is 6.46. The molecule has 1 atom stereocenters. The van der Waals surface area contributed by atoms with Gasteiger partial charge in [0.05, 0.1) is 30.4 Å². The van der Waals surface area contributed by atoms with Gasteiger partial charge in [-0.05, 0) is 73.2 Å². The van der Waals surface area contributed by atoms with Crippen LogP contribution in [0.1, 0.15) is 84.3 Å². The number of Topliss-reactive ketones (excluding diaryl/α,β-unsaturated/α-hetero) is 1. The van der Waals surface area contributed by atoms with Crippen LogP contribution in [0.4, 0.5) is 0 Å². The van der Waals surface area contributed by atoms with Gasteiger partial charge in [-0.2, -0.15) is 0 Å². The number of amides is 1. The molecule has 4 rings (SSSR count). The molecular formula is C34H37NO6. The number of carbonyl (C=O) groups excluding carboxylic acids is 3. The van der Waals surface area contributed by atoms with E-state index in [1.807, 2.05) is 65.0 Å². The van der Waals surface area contributed by atoms with Crippen molar-refractivity contribution in [2.24, 2.45) is 0 Å². The predicted molar refractivity (Wildman–Crippen MR) is 158 cm³/mol. The van der Waals surface area contributed by atoms with E-state index in [-0.39, 0.29) is 23.8 Å². The van der Waals surface area contributed by atoms with Crippen molar-refractivity contribution >= 4 is 23.4 Å². The zero-order valence-electron chi connectivity index (χ0n) is 24.3. The third kappa shape index (κ3) is 6.35. The smallest absolute Gasteiger partial charge is 0.338 e. The molecule has 7 heteroatoms. The van der Waals surface area contributed by atoms with Gasteiger partial charge in [-0.1, -0.05) is 62.7 Å². The Morgan fingerprint density at radius 3 is 2.32 bits per heavy atom. The number of nitrogens with zero attached hydrogens (tertiary/aromatic N) is 1. The lowest BCUT2D eigenvalue weighted by Crippen LogP contribution is -2.29. The monoisotopic (exact) mass is 555 g/mol. The summed E-state index contributed by atoms with van der Waals surface area (Å²) in [6, 6.07) is 18.9. The average Bonchev–Trinajstić information content (AvgIpc) is 3.21. The van der Waals surface area contributed by atoms with Crippen LogP contribution in [0.25, 0.3) is 5.76 Å². The van der Waals surface area contributed by atoms with Crippen LogP contribution < -0.4 is 4.74 Å². The van der Waals surface area contributed by atoms with Crippen molar-refractivity contribution < 1.29 is 29.0 Å². The van der Waals surface area contributed by atoms with Gasteiger partial charge in [-0.25, -0.2) is 4.79 Å². The Balaban J connectivity index is 1.77. The number of aryl methyl sites for hydroxylation is 1. The van der Waals surface area contributed by atoms with Gasteiger partial charge < -0.3 is 19.5 Å². The number of ether oxygens (including phenoxy) is 2. The van der Waals surface area contributed by atoms with Crippen LogP contribution in [0.2, 0.25) is 0 Å². The number of ketones is 1. The number of likely N-dealkylation sites (tertiary alicyclic amines) is 1. The summed E-state index contributed by atoms with van der Waals surface area (Å²) >= 11 is 0. The molecule has 7 nitrogen and oxygen atoms in total. The average molecular weight is 556 g/mol. The second kappa shape index (κ2) is 12.9. The van der Waals surface area contributed by atoms with Crippen molar-refractivity contribution in [3.8, 4) is 5.75 Å². The molecule has 1 heterocycles.